The van der Waals surface area contributed by atoms with Crippen molar-refractivity contribution in [3.8, 4) is 0 Å². The standard InChI is InChI=1S/C25H29Cl2FN2O2S/c1-25(2)14-32-20(8-15-6-18(26)10-19(27)7-15)13-30(25)12-17-9-23(28)22(24(31)29-33-3)11-21(17)16-4-5-16/h6-7,9-11,16,20H,4-5,8,12-14H2,1-3H3,(H,29,31). The van der Waals surface area contributed by atoms with Gasteiger partial charge in [0, 0.05) is 34.9 Å². The molecule has 4 nitrogen and oxygen atoms in total. The van der Waals surface area contributed by atoms with E-state index >= 15 is 0 Å². The minimum atomic E-state index is -0.475. The SMILES string of the molecule is CSNC(=O)c1cc(C2CC2)c(CN2CC(Cc3cc(Cl)cc(Cl)c3)OCC2(C)C)cc1F. The maximum absolute atomic E-state index is 14.9. The van der Waals surface area contributed by atoms with E-state index in [4.69, 9.17) is 27.9 Å². The summed E-state index contributed by atoms with van der Waals surface area (Å²) in [6.45, 7) is 6.18. The van der Waals surface area contributed by atoms with Gasteiger partial charge in [-0.05, 0) is 86.1 Å². The van der Waals surface area contributed by atoms with E-state index < -0.39 is 5.82 Å². The van der Waals surface area contributed by atoms with Crippen LogP contribution in [0.5, 0.6) is 0 Å². The third-order valence-electron chi connectivity index (χ3n) is 6.38. The van der Waals surface area contributed by atoms with Gasteiger partial charge in [-0.15, -0.1) is 0 Å². The zero-order valence-corrected chi connectivity index (χ0v) is 21.4. The summed E-state index contributed by atoms with van der Waals surface area (Å²) in [5.74, 6) is -0.465. The van der Waals surface area contributed by atoms with Gasteiger partial charge in [-0.3, -0.25) is 14.4 Å². The van der Waals surface area contributed by atoms with Gasteiger partial charge in [0.05, 0.1) is 18.3 Å². The van der Waals surface area contributed by atoms with Crippen molar-refractivity contribution in [2.45, 2.75) is 57.2 Å². The van der Waals surface area contributed by atoms with Crippen LogP contribution >= 0.6 is 35.1 Å². The van der Waals surface area contributed by atoms with Gasteiger partial charge < -0.3 is 4.74 Å². The normalized spacial score (nSPS) is 20.6. The van der Waals surface area contributed by atoms with Gasteiger partial charge in [0.2, 0.25) is 0 Å². The number of ether oxygens (including phenoxy) is 1. The maximum atomic E-state index is 14.9. The van der Waals surface area contributed by atoms with Crippen molar-refractivity contribution < 1.29 is 13.9 Å². The molecule has 1 aliphatic carbocycles. The molecule has 1 amide bonds. The number of hydrogen-bond acceptors (Lipinski definition) is 4. The van der Waals surface area contributed by atoms with Gasteiger partial charge in [-0.2, -0.15) is 0 Å². The molecule has 33 heavy (non-hydrogen) atoms. The van der Waals surface area contributed by atoms with Gasteiger partial charge >= 0.3 is 0 Å². The molecule has 1 saturated carbocycles. The molecule has 1 aliphatic heterocycles. The third-order valence-corrected chi connectivity index (χ3v) is 7.21. The Morgan fingerprint density at radius 1 is 1.21 bits per heavy atom. The van der Waals surface area contributed by atoms with E-state index in [1.165, 1.54) is 11.9 Å². The lowest BCUT2D eigenvalue weighted by molar-refractivity contribution is -0.101. The molecule has 2 aromatic rings. The molecule has 0 radical (unpaired) electrons. The lowest BCUT2D eigenvalue weighted by Gasteiger charge is -2.45. The zero-order chi connectivity index (χ0) is 23.8. The fraction of sp³-hybridized carbons (Fsp3) is 0.480. The van der Waals surface area contributed by atoms with Crippen molar-refractivity contribution in [3.63, 3.8) is 0 Å². The molecule has 8 heteroatoms. The van der Waals surface area contributed by atoms with Crippen molar-refractivity contribution in [2.75, 3.05) is 19.4 Å². The smallest absolute Gasteiger partial charge is 0.264 e. The highest BCUT2D eigenvalue weighted by Gasteiger charge is 2.37. The monoisotopic (exact) mass is 510 g/mol. The first-order chi connectivity index (χ1) is 15.7. The summed E-state index contributed by atoms with van der Waals surface area (Å²) in [5, 5.41) is 1.22. The van der Waals surface area contributed by atoms with E-state index in [2.05, 4.69) is 23.5 Å². The number of nitrogens with one attached hydrogen (secondary N) is 1. The second-order valence-corrected chi connectivity index (χ2v) is 11.0. The molecule has 1 unspecified atom stereocenters. The van der Waals surface area contributed by atoms with Gasteiger partial charge in [-0.25, -0.2) is 4.39 Å². The minimum absolute atomic E-state index is 0.0200. The van der Waals surface area contributed by atoms with E-state index in [9.17, 15) is 9.18 Å². The molecular formula is C25H29Cl2FN2O2S. The second-order valence-electron chi connectivity index (χ2n) is 9.55. The molecule has 1 saturated heterocycles. The molecule has 1 N–H and O–H groups in total. The van der Waals surface area contributed by atoms with Crippen LogP contribution in [0.1, 0.15) is 59.7 Å². The first-order valence-corrected chi connectivity index (χ1v) is 13.1. The lowest BCUT2D eigenvalue weighted by Crippen LogP contribution is -2.56. The highest BCUT2D eigenvalue weighted by Crippen LogP contribution is 2.43. The summed E-state index contributed by atoms with van der Waals surface area (Å²) in [4.78, 5) is 14.7. The molecule has 2 aliphatic rings. The van der Waals surface area contributed by atoms with E-state index in [-0.39, 0.29) is 23.1 Å². The molecule has 1 heterocycles. The summed E-state index contributed by atoms with van der Waals surface area (Å²) >= 11 is 13.5. The van der Waals surface area contributed by atoms with Gasteiger partial charge in [0.1, 0.15) is 5.82 Å². The minimum Gasteiger partial charge on any atom is -0.375 e. The molecule has 4 rings (SSSR count). The molecule has 1 atom stereocenters. The van der Waals surface area contributed by atoms with Crippen LogP contribution in [0, 0.1) is 5.82 Å². The van der Waals surface area contributed by atoms with E-state index in [0.29, 0.717) is 42.1 Å². The Hall–Kier alpha value is -1.31. The van der Waals surface area contributed by atoms with Gasteiger partial charge in [0.15, 0.2) is 0 Å². The first kappa shape index (κ1) is 24.8. The Morgan fingerprint density at radius 2 is 1.91 bits per heavy atom. The fourth-order valence-corrected chi connectivity index (χ4v) is 5.29. The number of hydrogen-bond donors (Lipinski definition) is 1. The molecule has 0 spiro atoms. The first-order valence-electron chi connectivity index (χ1n) is 11.1. The van der Waals surface area contributed by atoms with Crippen molar-refractivity contribution >= 4 is 41.1 Å². The molecule has 2 aromatic carbocycles. The molecule has 0 bridgehead atoms. The third kappa shape index (κ3) is 6.04. The van der Waals surface area contributed by atoms with Crippen LogP contribution < -0.4 is 4.72 Å². The predicted octanol–water partition coefficient (Wildman–Crippen LogP) is 6.24. The molecule has 0 aromatic heterocycles. The number of halogens is 3. The average molecular weight is 511 g/mol. The van der Waals surface area contributed by atoms with Crippen molar-refractivity contribution in [1.82, 2.24) is 9.62 Å². The molecule has 2 fully saturated rings. The van der Waals surface area contributed by atoms with Gasteiger partial charge in [-0.1, -0.05) is 35.1 Å². The molecule has 178 valence electrons. The number of morpholine rings is 1. The summed E-state index contributed by atoms with van der Waals surface area (Å²) < 4.78 is 23.7. The number of carbonyl (C=O) groups is 1. The van der Waals surface area contributed by atoms with Crippen LogP contribution in [-0.2, 0) is 17.7 Å². The Bertz CT molecular complexity index is 1030. The van der Waals surface area contributed by atoms with Crippen LogP contribution in [0.4, 0.5) is 4.39 Å². The summed E-state index contributed by atoms with van der Waals surface area (Å²) in [6.07, 6.45) is 4.58. The quantitative estimate of drug-likeness (QED) is 0.447. The van der Waals surface area contributed by atoms with Crippen LogP contribution in [0.15, 0.2) is 30.3 Å². The second kappa shape index (κ2) is 10.1. The highest BCUT2D eigenvalue weighted by atomic mass is 35.5. The van der Waals surface area contributed by atoms with E-state index in [1.807, 2.05) is 12.1 Å². The number of carbonyl (C=O) groups excluding carboxylic acids is 1. The highest BCUT2D eigenvalue weighted by molar-refractivity contribution is 7.97. The number of benzene rings is 2. The largest absolute Gasteiger partial charge is 0.375 e. The van der Waals surface area contributed by atoms with Gasteiger partial charge in [0.25, 0.3) is 5.91 Å². The Labute approximate surface area is 209 Å². The topological polar surface area (TPSA) is 41.6 Å². The van der Waals surface area contributed by atoms with E-state index in [1.54, 1.807) is 24.5 Å². The van der Waals surface area contributed by atoms with Crippen molar-refractivity contribution in [2.24, 2.45) is 0 Å². The Balaban J connectivity index is 1.56. The fourth-order valence-electron chi connectivity index (χ4n) is 4.42. The predicted molar refractivity (Wildman–Crippen MR) is 134 cm³/mol. The molecular weight excluding hydrogens is 482 g/mol. The van der Waals surface area contributed by atoms with Crippen LogP contribution in [-0.4, -0.2) is 41.9 Å². The lowest BCUT2D eigenvalue weighted by atomic mass is 9.94. The van der Waals surface area contributed by atoms with Crippen LogP contribution in [0.2, 0.25) is 10.0 Å². The Morgan fingerprint density at radius 3 is 2.55 bits per heavy atom. The Kier molecular flexibility index (Phi) is 7.61. The number of nitrogens with zero attached hydrogens (tertiary/aromatic N) is 1. The average Bonchev–Trinajstić information content (AvgIpc) is 3.55. The number of rotatable bonds is 7. The summed E-state index contributed by atoms with van der Waals surface area (Å²) in [7, 11) is 0. The summed E-state index contributed by atoms with van der Waals surface area (Å²) in [5.41, 5.74) is 2.99. The van der Waals surface area contributed by atoms with Crippen LogP contribution in [0.25, 0.3) is 0 Å². The van der Waals surface area contributed by atoms with Crippen molar-refractivity contribution in [3.05, 3.63) is 68.4 Å². The maximum Gasteiger partial charge on any atom is 0.264 e. The van der Waals surface area contributed by atoms with E-state index in [0.717, 1.165) is 29.5 Å². The number of amides is 1. The van der Waals surface area contributed by atoms with Crippen molar-refractivity contribution in [1.29, 1.82) is 0 Å². The summed E-state index contributed by atoms with van der Waals surface area (Å²) in [6, 6.07) is 8.87. The van der Waals surface area contributed by atoms with Crippen LogP contribution in [0.3, 0.4) is 0 Å². The zero-order valence-electron chi connectivity index (χ0n) is 19.1.